The highest BCUT2D eigenvalue weighted by Gasteiger charge is 1.98. The molecule has 0 atom stereocenters. The number of alkyl halides is 1. The lowest BCUT2D eigenvalue weighted by Crippen LogP contribution is -2.30. The summed E-state index contributed by atoms with van der Waals surface area (Å²) in [6, 6.07) is 8.60. The van der Waals surface area contributed by atoms with Crippen LogP contribution in [0.25, 0.3) is 0 Å². The first-order chi connectivity index (χ1) is 6.33. The molecule has 0 aliphatic rings. The average molecular weight is 182 g/mol. The van der Waals surface area contributed by atoms with Crippen LogP contribution < -0.4 is 10.6 Å². The fraction of sp³-hybridized carbons (Fsp3) is 0.222. The molecule has 0 bridgehead atoms. The first-order valence-corrected chi connectivity index (χ1v) is 3.99. The van der Waals surface area contributed by atoms with E-state index in [9.17, 15) is 9.18 Å². The summed E-state index contributed by atoms with van der Waals surface area (Å²) in [5.41, 5.74) is 0.693. The van der Waals surface area contributed by atoms with Crippen molar-refractivity contribution < 1.29 is 9.18 Å². The number of halogens is 1. The van der Waals surface area contributed by atoms with Crippen LogP contribution in [0.15, 0.2) is 30.3 Å². The van der Waals surface area contributed by atoms with Crippen LogP contribution in [0.2, 0.25) is 0 Å². The Hall–Kier alpha value is -1.58. The van der Waals surface area contributed by atoms with Gasteiger partial charge in [0.1, 0.15) is 6.67 Å². The molecule has 1 aromatic rings. The Morgan fingerprint density at radius 1 is 1.31 bits per heavy atom. The second-order valence-electron chi connectivity index (χ2n) is 2.44. The Morgan fingerprint density at radius 3 is 2.62 bits per heavy atom. The largest absolute Gasteiger partial charge is 0.335 e. The summed E-state index contributed by atoms with van der Waals surface area (Å²) < 4.78 is 11.6. The highest BCUT2D eigenvalue weighted by molar-refractivity contribution is 5.89. The van der Waals surface area contributed by atoms with Crippen molar-refractivity contribution in [2.45, 2.75) is 0 Å². The predicted octanol–water partition coefficient (Wildman–Crippen LogP) is 1.78. The van der Waals surface area contributed by atoms with E-state index in [1.165, 1.54) is 0 Å². The Balaban J connectivity index is 2.37. The fourth-order valence-corrected chi connectivity index (χ4v) is 0.858. The minimum Gasteiger partial charge on any atom is -0.335 e. The maximum atomic E-state index is 11.6. The molecule has 0 aliphatic heterocycles. The van der Waals surface area contributed by atoms with E-state index in [1.54, 1.807) is 12.1 Å². The van der Waals surface area contributed by atoms with E-state index in [1.807, 2.05) is 18.2 Å². The minimum atomic E-state index is -0.553. The van der Waals surface area contributed by atoms with Crippen molar-refractivity contribution in [2.24, 2.45) is 0 Å². The van der Waals surface area contributed by atoms with Crippen molar-refractivity contribution in [1.82, 2.24) is 5.32 Å². The first kappa shape index (κ1) is 9.51. The van der Waals surface area contributed by atoms with E-state index in [0.29, 0.717) is 5.69 Å². The highest BCUT2D eigenvalue weighted by atomic mass is 19.1. The molecule has 4 heteroatoms. The van der Waals surface area contributed by atoms with Gasteiger partial charge in [0.15, 0.2) is 0 Å². The fourth-order valence-electron chi connectivity index (χ4n) is 0.858. The quantitative estimate of drug-likeness (QED) is 0.735. The van der Waals surface area contributed by atoms with Gasteiger partial charge in [0.25, 0.3) is 0 Å². The zero-order chi connectivity index (χ0) is 9.52. The van der Waals surface area contributed by atoms with Crippen LogP contribution in [-0.4, -0.2) is 19.3 Å². The number of carbonyl (C=O) groups excluding carboxylic acids is 1. The van der Waals surface area contributed by atoms with E-state index in [2.05, 4.69) is 10.6 Å². The third-order valence-corrected chi connectivity index (χ3v) is 1.41. The molecule has 1 aromatic carbocycles. The Bertz CT molecular complexity index is 264. The molecule has 0 unspecified atom stereocenters. The maximum Gasteiger partial charge on any atom is 0.319 e. The number of amides is 2. The summed E-state index contributed by atoms with van der Waals surface area (Å²) in [5, 5.41) is 4.92. The summed E-state index contributed by atoms with van der Waals surface area (Å²) in [6.07, 6.45) is 0. The number of rotatable bonds is 3. The molecular weight excluding hydrogens is 171 g/mol. The molecule has 70 valence electrons. The zero-order valence-corrected chi connectivity index (χ0v) is 7.09. The highest BCUT2D eigenvalue weighted by Crippen LogP contribution is 2.03. The number of para-hydroxylation sites is 1. The normalized spacial score (nSPS) is 9.31. The van der Waals surface area contributed by atoms with Gasteiger partial charge in [0.2, 0.25) is 0 Å². The third kappa shape index (κ3) is 3.55. The van der Waals surface area contributed by atoms with Crippen molar-refractivity contribution in [1.29, 1.82) is 0 Å². The van der Waals surface area contributed by atoms with E-state index in [4.69, 9.17) is 0 Å². The van der Waals surface area contributed by atoms with Crippen LogP contribution in [0.3, 0.4) is 0 Å². The second-order valence-corrected chi connectivity index (χ2v) is 2.44. The molecule has 1 rings (SSSR count). The standard InChI is InChI=1S/C9H11FN2O/c10-6-7-11-9(13)12-8-4-2-1-3-5-8/h1-5H,6-7H2,(H2,11,12,13). The molecule has 3 nitrogen and oxygen atoms in total. The Kier molecular flexibility index (Phi) is 3.75. The lowest BCUT2D eigenvalue weighted by atomic mass is 10.3. The van der Waals surface area contributed by atoms with Gasteiger partial charge in [-0.1, -0.05) is 18.2 Å². The molecule has 0 fully saturated rings. The molecule has 0 spiro atoms. The Labute approximate surface area is 76.0 Å². The molecule has 0 heterocycles. The van der Waals surface area contributed by atoms with E-state index in [0.717, 1.165) is 0 Å². The van der Waals surface area contributed by atoms with Crippen molar-refractivity contribution in [3.8, 4) is 0 Å². The number of urea groups is 1. The molecule has 0 radical (unpaired) electrons. The summed E-state index contributed by atoms with van der Waals surface area (Å²) in [5.74, 6) is 0. The monoisotopic (exact) mass is 182 g/mol. The minimum absolute atomic E-state index is 0.0403. The molecule has 0 aromatic heterocycles. The van der Waals surface area contributed by atoms with Gasteiger partial charge in [0, 0.05) is 12.2 Å². The molecule has 0 saturated carbocycles. The first-order valence-electron chi connectivity index (χ1n) is 3.99. The van der Waals surface area contributed by atoms with Gasteiger partial charge in [0.05, 0.1) is 0 Å². The van der Waals surface area contributed by atoms with Crippen LogP contribution in [-0.2, 0) is 0 Å². The van der Waals surface area contributed by atoms with Crippen LogP contribution in [0.4, 0.5) is 14.9 Å². The molecule has 0 aliphatic carbocycles. The smallest absolute Gasteiger partial charge is 0.319 e. The van der Waals surface area contributed by atoms with Crippen molar-refractivity contribution in [3.05, 3.63) is 30.3 Å². The number of anilines is 1. The number of nitrogens with one attached hydrogen (secondary N) is 2. The average Bonchev–Trinajstić information content (AvgIpc) is 2.16. The van der Waals surface area contributed by atoms with Crippen LogP contribution in [0.5, 0.6) is 0 Å². The summed E-state index contributed by atoms with van der Waals surface area (Å²) in [6.45, 7) is -0.513. The van der Waals surface area contributed by atoms with Crippen LogP contribution >= 0.6 is 0 Å². The van der Waals surface area contributed by atoms with Crippen LogP contribution in [0, 0.1) is 0 Å². The second kappa shape index (κ2) is 5.13. The van der Waals surface area contributed by atoms with Gasteiger partial charge in [-0.15, -0.1) is 0 Å². The maximum absolute atomic E-state index is 11.6. The lowest BCUT2D eigenvalue weighted by Gasteiger charge is -2.04. The summed E-state index contributed by atoms with van der Waals surface area (Å²) >= 11 is 0. The van der Waals surface area contributed by atoms with Gasteiger partial charge in [-0.3, -0.25) is 0 Å². The molecule has 0 saturated heterocycles. The number of hydrogen-bond donors (Lipinski definition) is 2. The van der Waals surface area contributed by atoms with Crippen molar-refractivity contribution in [2.75, 3.05) is 18.5 Å². The van der Waals surface area contributed by atoms with Crippen LogP contribution in [0.1, 0.15) is 0 Å². The van der Waals surface area contributed by atoms with Crippen molar-refractivity contribution >= 4 is 11.7 Å². The molecular formula is C9H11FN2O. The number of hydrogen-bond acceptors (Lipinski definition) is 1. The molecule has 2 amide bonds. The lowest BCUT2D eigenvalue weighted by molar-refractivity contribution is 0.251. The summed E-state index contributed by atoms with van der Waals surface area (Å²) in [4.78, 5) is 11.0. The van der Waals surface area contributed by atoms with Gasteiger partial charge in [-0.2, -0.15) is 0 Å². The van der Waals surface area contributed by atoms with Gasteiger partial charge in [-0.05, 0) is 12.1 Å². The predicted molar refractivity (Wildman–Crippen MR) is 49.4 cm³/mol. The zero-order valence-electron chi connectivity index (χ0n) is 7.09. The number of carbonyl (C=O) groups is 1. The molecule has 13 heavy (non-hydrogen) atoms. The van der Waals surface area contributed by atoms with E-state index in [-0.39, 0.29) is 12.6 Å². The topological polar surface area (TPSA) is 41.1 Å². The third-order valence-electron chi connectivity index (χ3n) is 1.41. The Morgan fingerprint density at radius 2 is 2.00 bits per heavy atom. The van der Waals surface area contributed by atoms with E-state index >= 15 is 0 Å². The number of benzene rings is 1. The van der Waals surface area contributed by atoms with Crippen molar-refractivity contribution in [3.63, 3.8) is 0 Å². The van der Waals surface area contributed by atoms with Gasteiger partial charge < -0.3 is 10.6 Å². The summed E-state index contributed by atoms with van der Waals surface area (Å²) in [7, 11) is 0. The van der Waals surface area contributed by atoms with Gasteiger partial charge in [-0.25, -0.2) is 9.18 Å². The SMILES string of the molecule is O=C(NCCF)Nc1ccccc1. The molecule has 2 N–H and O–H groups in total. The van der Waals surface area contributed by atoms with E-state index < -0.39 is 6.67 Å². The van der Waals surface area contributed by atoms with Gasteiger partial charge >= 0.3 is 6.03 Å².